The number of amides is 1. The Hall–Kier alpha value is -1.86. The number of anilines is 1. The van der Waals surface area contributed by atoms with Crippen molar-refractivity contribution in [2.75, 3.05) is 19.0 Å². The van der Waals surface area contributed by atoms with Gasteiger partial charge in [-0.15, -0.1) is 0 Å². The normalized spacial score (nSPS) is 10.2. The largest absolute Gasteiger partial charge is 0.493 e. The van der Waals surface area contributed by atoms with E-state index in [1.54, 1.807) is 12.1 Å². The number of methoxy groups -OCH3 is 1. The van der Waals surface area contributed by atoms with Crippen LogP contribution in [0.25, 0.3) is 0 Å². The van der Waals surface area contributed by atoms with Crippen LogP contribution in [-0.2, 0) is 4.79 Å². The molecular weight excluding hydrogens is 442 g/mol. The number of halogens is 2. The smallest absolute Gasteiger partial charge is 0.262 e. The minimum absolute atomic E-state index is 0.199. The van der Waals surface area contributed by atoms with Crippen LogP contribution < -0.4 is 14.8 Å². The molecular formula is C17H15Br2NO4. The summed E-state index contributed by atoms with van der Waals surface area (Å²) < 4.78 is 12.1. The Labute approximate surface area is 156 Å². The first-order valence-corrected chi connectivity index (χ1v) is 8.54. The van der Waals surface area contributed by atoms with Gasteiger partial charge in [0.05, 0.1) is 17.3 Å². The molecule has 0 aromatic heterocycles. The van der Waals surface area contributed by atoms with Crippen molar-refractivity contribution < 1.29 is 19.1 Å². The molecule has 0 saturated carbocycles. The molecule has 1 amide bonds. The molecule has 7 heteroatoms. The van der Waals surface area contributed by atoms with Gasteiger partial charge < -0.3 is 14.8 Å². The van der Waals surface area contributed by atoms with E-state index in [-0.39, 0.29) is 12.5 Å². The van der Waals surface area contributed by atoms with E-state index >= 15 is 0 Å². The Morgan fingerprint density at radius 2 is 1.96 bits per heavy atom. The predicted octanol–water partition coefficient (Wildman–Crippen LogP) is 4.36. The van der Waals surface area contributed by atoms with E-state index in [0.717, 1.165) is 10.0 Å². The molecule has 0 fully saturated rings. The zero-order valence-electron chi connectivity index (χ0n) is 13.1. The van der Waals surface area contributed by atoms with Crippen LogP contribution in [0, 0.1) is 6.92 Å². The Morgan fingerprint density at radius 3 is 2.58 bits per heavy atom. The molecule has 0 heterocycles. The van der Waals surface area contributed by atoms with Crippen molar-refractivity contribution in [3.8, 4) is 11.5 Å². The topological polar surface area (TPSA) is 64.6 Å². The average Bonchev–Trinajstić information content (AvgIpc) is 2.55. The Balaban J connectivity index is 2.07. The molecule has 0 radical (unpaired) electrons. The number of hydrogen-bond donors (Lipinski definition) is 1. The van der Waals surface area contributed by atoms with Crippen LogP contribution in [-0.4, -0.2) is 25.9 Å². The van der Waals surface area contributed by atoms with E-state index in [9.17, 15) is 9.59 Å². The van der Waals surface area contributed by atoms with E-state index in [2.05, 4.69) is 37.2 Å². The van der Waals surface area contributed by atoms with E-state index < -0.39 is 0 Å². The lowest BCUT2D eigenvalue weighted by atomic mass is 10.2. The lowest BCUT2D eigenvalue weighted by molar-refractivity contribution is -0.118. The fourth-order valence-electron chi connectivity index (χ4n) is 1.99. The number of rotatable bonds is 6. The second-order valence-corrected chi connectivity index (χ2v) is 6.68. The summed E-state index contributed by atoms with van der Waals surface area (Å²) in [5, 5.41) is 2.76. The molecule has 0 bridgehead atoms. The van der Waals surface area contributed by atoms with Gasteiger partial charge in [0.25, 0.3) is 5.91 Å². The van der Waals surface area contributed by atoms with Crippen LogP contribution in [0.1, 0.15) is 15.9 Å². The zero-order valence-corrected chi connectivity index (χ0v) is 16.2. The highest BCUT2D eigenvalue weighted by atomic mass is 79.9. The van der Waals surface area contributed by atoms with Crippen molar-refractivity contribution in [1.29, 1.82) is 0 Å². The first kappa shape index (κ1) is 18.5. The average molecular weight is 457 g/mol. The SMILES string of the molecule is COc1cc(C=O)cc(Br)c1OCC(=O)Nc1ccc(C)cc1Br. The third-order valence-electron chi connectivity index (χ3n) is 3.13. The first-order chi connectivity index (χ1) is 11.4. The molecule has 1 N–H and O–H groups in total. The van der Waals surface area contributed by atoms with Gasteiger partial charge in [-0.2, -0.15) is 0 Å². The fourth-order valence-corrected chi connectivity index (χ4v) is 3.16. The summed E-state index contributed by atoms with van der Waals surface area (Å²) in [5.74, 6) is 0.421. The summed E-state index contributed by atoms with van der Waals surface area (Å²) in [6.07, 6.45) is 0.707. The molecule has 0 aliphatic carbocycles. The van der Waals surface area contributed by atoms with Gasteiger partial charge in [0, 0.05) is 10.0 Å². The number of ether oxygens (including phenoxy) is 2. The highest BCUT2D eigenvalue weighted by Gasteiger charge is 2.14. The second-order valence-electron chi connectivity index (χ2n) is 4.97. The molecule has 2 rings (SSSR count). The van der Waals surface area contributed by atoms with E-state index in [1.807, 2.05) is 25.1 Å². The Morgan fingerprint density at radius 1 is 1.21 bits per heavy atom. The van der Waals surface area contributed by atoms with Gasteiger partial charge in [-0.25, -0.2) is 0 Å². The quantitative estimate of drug-likeness (QED) is 0.656. The highest BCUT2D eigenvalue weighted by Crippen LogP contribution is 2.36. The summed E-state index contributed by atoms with van der Waals surface area (Å²) in [7, 11) is 1.46. The second kappa shape index (κ2) is 8.30. The summed E-state index contributed by atoms with van der Waals surface area (Å²) in [5.41, 5.74) is 2.19. The molecule has 126 valence electrons. The summed E-state index contributed by atoms with van der Waals surface area (Å²) in [6.45, 7) is 1.77. The van der Waals surface area contributed by atoms with E-state index in [1.165, 1.54) is 7.11 Å². The Bertz CT molecular complexity index is 777. The van der Waals surface area contributed by atoms with Crippen LogP contribution in [0.5, 0.6) is 11.5 Å². The molecule has 0 saturated heterocycles. The standard InChI is InChI=1S/C17H15Br2NO4/c1-10-3-4-14(12(18)5-10)20-16(22)9-24-17-13(19)6-11(8-21)7-15(17)23-2/h3-8H,9H2,1-2H3,(H,20,22). The fraction of sp³-hybridized carbons (Fsp3) is 0.176. The maximum Gasteiger partial charge on any atom is 0.262 e. The molecule has 5 nitrogen and oxygen atoms in total. The van der Waals surface area contributed by atoms with Crippen molar-refractivity contribution in [2.24, 2.45) is 0 Å². The molecule has 0 aliphatic heterocycles. The van der Waals surface area contributed by atoms with Crippen LogP contribution in [0.2, 0.25) is 0 Å². The van der Waals surface area contributed by atoms with Crippen molar-refractivity contribution in [3.05, 3.63) is 50.4 Å². The van der Waals surface area contributed by atoms with Crippen molar-refractivity contribution in [1.82, 2.24) is 0 Å². The minimum Gasteiger partial charge on any atom is -0.493 e. The molecule has 0 spiro atoms. The number of aryl methyl sites for hydroxylation is 1. The molecule has 24 heavy (non-hydrogen) atoms. The third kappa shape index (κ3) is 4.58. The minimum atomic E-state index is -0.312. The predicted molar refractivity (Wildman–Crippen MR) is 99.1 cm³/mol. The maximum absolute atomic E-state index is 12.1. The molecule has 0 aliphatic rings. The number of carbonyl (C=O) groups is 2. The molecule has 2 aromatic rings. The first-order valence-electron chi connectivity index (χ1n) is 6.96. The lowest BCUT2D eigenvalue weighted by Gasteiger charge is -2.13. The lowest BCUT2D eigenvalue weighted by Crippen LogP contribution is -2.20. The third-order valence-corrected chi connectivity index (χ3v) is 4.38. The van der Waals surface area contributed by atoms with Crippen LogP contribution >= 0.6 is 31.9 Å². The van der Waals surface area contributed by atoms with E-state index in [0.29, 0.717) is 33.5 Å². The van der Waals surface area contributed by atoms with Crippen LogP contribution in [0.3, 0.4) is 0 Å². The van der Waals surface area contributed by atoms with Crippen molar-refractivity contribution in [2.45, 2.75) is 6.92 Å². The van der Waals surface area contributed by atoms with Crippen molar-refractivity contribution >= 4 is 49.7 Å². The van der Waals surface area contributed by atoms with Crippen molar-refractivity contribution in [3.63, 3.8) is 0 Å². The summed E-state index contributed by atoms with van der Waals surface area (Å²) >= 11 is 6.72. The monoisotopic (exact) mass is 455 g/mol. The number of carbonyl (C=O) groups excluding carboxylic acids is 2. The van der Waals surface area contributed by atoms with Gasteiger partial charge in [-0.3, -0.25) is 9.59 Å². The molecule has 0 unspecified atom stereocenters. The van der Waals surface area contributed by atoms with Gasteiger partial charge in [0.15, 0.2) is 18.1 Å². The Kier molecular flexibility index (Phi) is 6.39. The van der Waals surface area contributed by atoms with E-state index in [4.69, 9.17) is 9.47 Å². The number of aldehydes is 1. The number of nitrogens with one attached hydrogen (secondary N) is 1. The number of benzene rings is 2. The van der Waals surface area contributed by atoms with Crippen LogP contribution in [0.4, 0.5) is 5.69 Å². The van der Waals surface area contributed by atoms with Gasteiger partial charge in [0.1, 0.15) is 6.29 Å². The molecule has 0 atom stereocenters. The summed E-state index contributed by atoms with van der Waals surface area (Å²) in [6, 6.07) is 8.76. The van der Waals surface area contributed by atoms with Gasteiger partial charge in [0.2, 0.25) is 0 Å². The van der Waals surface area contributed by atoms with Gasteiger partial charge in [-0.1, -0.05) is 6.07 Å². The van der Waals surface area contributed by atoms with Gasteiger partial charge in [-0.05, 0) is 68.6 Å². The highest BCUT2D eigenvalue weighted by molar-refractivity contribution is 9.11. The maximum atomic E-state index is 12.1. The summed E-state index contributed by atoms with van der Waals surface area (Å²) in [4.78, 5) is 23.0. The van der Waals surface area contributed by atoms with Crippen LogP contribution in [0.15, 0.2) is 39.3 Å². The zero-order chi connectivity index (χ0) is 17.7. The molecule has 2 aromatic carbocycles. The number of hydrogen-bond acceptors (Lipinski definition) is 4. The van der Waals surface area contributed by atoms with Gasteiger partial charge >= 0.3 is 0 Å².